The summed E-state index contributed by atoms with van der Waals surface area (Å²) in [5, 5.41) is 7.12. The number of carboxylic acids is 1. The van der Waals surface area contributed by atoms with Gasteiger partial charge in [-0.25, -0.2) is 9.78 Å². The molecule has 9 nitrogen and oxygen atoms in total. The second-order valence-corrected chi connectivity index (χ2v) is 6.87. The average Bonchev–Trinajstić information content (AvgIpc) is 2.70. The maximum Gasteiger partial charge on any atom is 0.490 e. The number of alkyl halides is 3. The maximum atomic E-state index is 12.6. The largest absolute Gasteiger partial charge is 0.490 e. The number of likely N-dealkylation sites (N-methyl/N-ethyl adjacent to an activating group) is 2. The van der Waals surface area contributed by atoms with Crippen LogP contribution in [0.5, 0.6) is 0 Å². The van der Waals surface area contributed by atoms with Gasteiger partial charge >= 0.3 is 12.1 Å². The lowest BCUT2D eigenvalue weighted by atomic mass is 9.83. The van der Waals surface area contributed by atoms with Crippen molar-refractivity contribution < 1.29 is 32.7 Å². The van der Waals surface area contributed by atoms with Crippen molar-refractivity contribution in [2.75, 3.05) is 40.3 Å². The molecule has 0 atom stereocenters. The third kappa shape index (κ3) is 5.00. The van der Waals surface area contributed by atoms with E-state index < -0.39 is 17.7 Å². The predicted octanol–water partition coefficient (Wildman–Crippen LogP) is 0.489. The molecule has 3 rings (SSSR count). The summed E-state index contributed by atoms with van der Waals surface area (Å²) in [4.78, 5) is 47.7. The molecule has 0 aromatic carbocycles. The van der Waals surface area contributed by atoms with E-state index in [0.29, 0.717) is 31.6 Å². The zero-order valence-electron chi connectivity index (χ0n) is 16.0. The number of hydrogen-bond acceptors (Lipinski definition) is 6. The first-order valence-corrected chi connectivity index (χ1v) is 8.81. The lowest BCUT2D eigenvalue weighted by molar-refractivity contribution is -0.192. The molecule has 0 radical (unpaired) electrons. The summed E-state index contributed by atoms with van der Waals surface area (Å²) in [6, 6.07) is 0. The highest BCUT2D eigenvalue weighted by Crippen LogP contribution is 2.32. The van der Waals surface area contributed by atoms with Crippen molar-refractivity contribution in [1.82, 2.24) is 24.7 Å². The summed E-state index contributed by atoms with van der Waals surface area (Å²) in [6.45, 7) is 2.78. The van der Waals surface area contributed by atoms with Crippen LogP contribution in [-0.4, -0.2) is 99.5 Å². The Bertz CT molecular complexity index is 751. The van der Waals surface area contributed by atoms with Crippen LogP contribution >= 0.6 is 0 Å². The Morgan fingerprint density at radius 3 is 2.17 bits per heavy atom. The summed E-state index contributed by atoms with van der Waals surface area (Å²) in [5.74, 6) is -2.69. The molecule has 1 spiro atoms. The third-order valence-electron chi connectivity index (χ3n) is 5.15. The first-order valence-electron chi connectivity index (χ1n) is 8.81. The molecule has 2 saturated heterocycles. The molecule has 1 N–H and O–H groups in total. The number of piperidine rings is 1. The number of hydrogen-bond donors (Lipinski definition) is 1. The van der Waals surface area contributed by atoms with E-state index in [2.05, 4.69) is 14.9 Å². The van der Waals surface area contributed by atoms with E-state index in [-0.39, 0.29) is 11.8 Å². The van der Waals surface area contributed by atoms with Gasteiger partial charge in [-0.05, 0) is 19.9 Å². The van der Waals surface area contributed by atoms with Gasteiger partial charge in [0.05, 0.1) is 6.20 Å². The number of carbonyl (C=O) groups is 3. The van der Waals surface area contributed by atoms with Crippen molar-refractivity contribution in [3.05, 3.63) is 24.3 Å². The molecule has 2 amide bonds. The molecule has 160 valence electrons. The second-order valence-electron chi connectivity index (χ2n) is 6.87. The normalized spacial score (nSPS) is 19.6. The smallest absolute Gasteiger partial charge is 0.475 e. The van der Waals surface area contributed by atoms with Crippen LogP contribution in [0.15, 0.2) is 18.6 Å². The first-order chi connectivity index (χ1) is 13.5. The molecule has 2 fully saturated rings. The van der Waals surface area contributed by atoms with Gasteiger partial charge in [-0.3, -0.25) is 19.5 Å². The molecule has 0 aliphatic carbocycles. The molecule has 1 aromatic rings. The van der Waals surface area contributed by atoms with Gasteiger partial charge in [-0.15, -0.1) is 0 Å². The molecule has 12 heteroatoms. The molecule has 3 heterocycles. The van der Waals surface area contributed by atoms with E-state index >= 15 is 0 Å². The van der Waals surface area contributed by atoms with Crippen molar-refractivity contribution >= 4 is 17.8 Å². The van der Waals surface area contributed by atoms with Gasteiger partial charge in [0.25, 0.3) is 5.91 Å². The Balaban J connectivity index is 0.000000370. The van der Waals surface area contributed by atoms with Crippen LogP contribution in [0.2, 0.25) is 0 Å². The Hall–Kier alpha value is -2.76. The minimum absolute atomic E-state index is 0.109. The molecule has 29 heavy (non-hydrogen) atoms. The maximum absolute atomic E-state index is 12.6. The van der Waals surface area contributed by atoms with Crippen LogP contribution in [0, 0.1) is 0 Å². The number of piperazine rings is 1. The summed E-state index contributed by atoms with van der Waals surface area (Å²) >= 11 is 0. The fourth-order valence-corrected chi connectivity index (χ4v) is 3.38. The minimum atomic E-state index is -5.08. The van der Waals surface area contributed by atoms with Crippen molar-refractivity contribution in [2.24, 2.45) is 0 Å². The topological polar surface area (TPSA) is 107 Å². The molecular weight excluding hydrogens is 395 g/mol. The summed E-state index contributed by atoms with van der Waals surface area (Å²) in [6.07, 6.45) is 0.801. The van der Waals surface area contributed by atoms with E-state index in [0.717, 1.165) is 13.1 Å². The molecule has 1 aromatic heterocycles. The lowest BCUT2D eigenvalue weighted by Gasteiger charge is -2.50. The van der Waals surface area contributed by atoms with Crippen molar-refractivity contribution in [1.29, 1.82) is 0 Å². The van der Waals surface area contributed by atoms with Crippen LogP contribution in [0.25, 0.3) is 0 Å². The molecule has 0 unspecified atom stereocenters. The number of halogens is 3. The number of aromatic nitrogens is 2. The third-order valence-corrected chi connectivity index (χ3v) is 5.15. The SMILES string of the molecule is CN1CCN(C)C2(CCN(C(=O)c3cnccn3)CC2)C1=O.O=C(O)C(F)(F)F. The number of likely N-dealkylation sites (tertiary alicyclic amines) is 1. The fourth-order valence-electron chi connectivity index (χ4n) is 3.38. The number of carboxylic acid groups (broad SMARTS) is 1. The lowest BCUT2D eigenvalue weighted by Crippen LogP contribution is -2.67. The van der Waals surface area contributed by atoms with Crippen LogP contribution in [0.4, 0.5) is 13.2 Å². The zero-order chi connectivity index (χ0) is 21.8. The predicted molar refractivity (Wildman–Crippen MR) is 93.9 cm³/mol. The first kappa shape index (κ1) is 22.5. The molecule has 0 bridgehead atoms. The molecule has 2 aliphatic heterocycles. The monoisotopic (exact) mass is 417 g/mol. The highest BCUT2D eigenvalue weighted by molar-refractivity contribution is 5.92. The van der Waals surface area contributed by atoms with Crippen molar-refractivity contribution in [2.45, 2.75) is 24.6 Å². The summed E-state index contributed by atoms with van der Waals surface area (Å²) in [7, 11) is 3.86. The Kier molecular flexibility index (Phi) is 6.77. The molecular formula is C17H22F3N5O4. The minimum Gasteiger partial charge on any atom is -0.475 e. The van der Waals surface area contributed by atoms with E-state index in [1.807, 2.05) is 14.1 Å². The van der Waals surface area contributed by atoms with Crippen LogP contribution in [-0.2, 0) is 9.59 Å². The average molecular weight is 417 g/mol. The van der Waals surface area contributed by atoms with Crippen LogP contribution < -0.4 is 0 Å². The van der Waals surface area contributed by atoms with Crippen molar-refractivity contribution in [3.8, 4) is 0 Å². The second kappa shape index (κ2) is 8.72. The van der Waals surface area contributed by atoms with Crippen LogP contribution in [0.1, 0.15) is 23.3 Å². The zero-order valence-corrected chi connectivity index (χ0v) is 16.0. The highest BCUT2D eigenvalue weighted by Gasteiger charge is 2.49. The fraction of sp³-hybridized carbons (Fsp3) is 0.588. The van der Waals surface area contributed by atoms with E-state index in [4.69, 9.17) is 9.90 Å². The van der Waals surface area contributed by atoms with E-state index in [9.17, 15) is 22.8 Å². The van der Waals surface area contributed by atoms with Crippen LogP contribution in [0.3, 0.4) is 0 Å². The summed E-state index contributed by atoms with van der Waals surface area (Å²) in [5.41, 5.74) is -0.0921. The number of amides is 2. The highest BCUT2D eigenvalue weighted by atomic mass is 19.4. The Labute approximate surface area is 165 Å². The van der Waals surface area contributed by atoms with Crippen molar-refractivity contribution in [3.63, 3.8) is 0 Å². The van der Waals surface area contributed by atoms with Gasteiger partial charge in [-0.2, -0.15) is 13.2 Å². The molecule has 0 saturated carbocycles. The van der Waals surface area contributed by atoms with E-state index in [1.54, 1.807) is 16.0 Å². The number of carbonyl (C=O) groups excluding carboxylic acids is 2. The number of rotatable bonds is 1. The Morgan fingerprint density at radius 1 is 1.10 bits per heavy atom. The van der Waals surface area contributed by atoms with Gasteiger partial charge in [0.15, 0.2) is 0 Å². The summed E-state index contributed by atoms with van der Waals surface area (Å²) < 4.78 is 31.7. The van der Waals surface area contributed by atoms with Gasteiger partial charge in [0.1, 0.15) is 11.2 Å². The Morgan fingerprint density at radius 2 is 1.69 bits per heavy atom. The van der Waals surface area contributed by atoms with Gasteiger partial charge in [0, 0.05) is 45.6 Å². The van der Waals surface area contributed by atoms with E-state index in [1.165, 1.54) is 12.4 Å². The quantitative estimate of drug-likeness (QED) is 0.709. The van der Waals surface area contributed by atoms with Gasteiger partial charge in [-0.1, -0.05) is 0 Å². The number of aliphatic carboxylic acids is 1. The number of nitrogens with zero attached hydrogens (tertiary/aromatic N) is 5. The van der Waals surface area contributed by atoms with Gasteiger partial charge < -0.3 is 14.9 Å². The molecule has 2 aliphatic rings. The van der Waals surface area contributed by atoms with Gasteiger partial charge in [0.2, 0.25) is 5.91 Å². The standard InChI is InChI=1S/C15H21N5O2.C2HF3O2/c1-18-9-10-19(2)15(14(18)22)3-7-20(8-4-15)13(21)12-11-16-5-6-17-12;3-2(4,5)1(6)7/h5-6,11H,3-4,7-10H2,1-2H3;(H,6,7).